The molecule has 0 spiro atoms. The molecule has 4 nitrogen and oxygen atoms in total. The summed E-state index contributed by atoms with van der Waals surface area (Å²) in [5.41, 5.74) is 4.84. The van der Waals surface area contributed by atoms with Gasteiger partial charge in [-0.05, 0) is 30.9 Å². The SMILES string of the molecule is CCc1nn(C)cc1NC1CCc2cccnc21. The summed E-state index contributed by atoms with van der Waals surface area (Å²) in [5.74, 6) is 0. The third-order valence-electron chi connectivity index (χ3n) is 3.53. The molecule has 1 atom stereocenters. The van der Waals surface area contributed by atoms with Gasteiger partial charge in [0.2, 0.25) is 0 Å². The van der Waals surface area contributed by atoms with Crippen LogP contribution in [0.4, 0.5) is 5.69 Å². The van der Waals surface area contributed by atoms with E-state index in [9.17, 15) is 0 Å². The minimum Gasteiger partial charge on any atom is -0.374 e. The second-order valence-electron chi connectivity index (χ2n) is 4.80. The fourth-order valence-corrected chi connectivity index (χ4v) is 2.66. The highest BCUT2D eigenvalue weighted by atomic mass is 15.3. The van der Waals surface area contributed by atoms with Gasteiger partial charge in [-0.2, -0.15) is 5.10 Å². The second-order valence-corrected chi connectivity index (χ2v) is 4.80. The Morgan fingerprint density at radius 1 is 1.50 bits per heavy atom. The molecule has 4 heteroatoms. The Hall–Kier alpha value is -1.84. The van der Waals surface area contributed by atoms with Crippen LogP contribution in [0.1, 0.15) is 36.3 Å². The van der Waals surface area contributed by atoms with E-state index in [-0.39, 0.29) is 0 Å². The van der Waals surface area contributed by atoms with Crippen LogP contribution >= 0.6 is 0 Å². The molecule has 0 saturated heterocycles. The van der Waals surface area contributed by atoms with Crippen LogP contribution in [0.2, 0.25) is 0 Å². The van der Waals surface area contributed by atoms with Gasteiger partial charge in [0.05, 0.1) is 23.1 Å². The average molecular weight is 242 g/mol. The first kappa shape index (κ1) is 11.3. The fraction of sp³-hybridized carbons (Fsp3) is 0.429. The summed E-state index contributed by atoms with van der Waals surface area (Å²) >= 11 is 0. The van der Waals surface area contributed by atoms with Crippen molar-refractivity contribution in [3.63, 3.8) is 0 Å². The highest BCUT2D eigenvalue weighted by Crippen LogP contribution is 2.32. The third kappa shape index (κ3) is 1.88. The van der Waals surface area contributed by atoms with Crippen LogP contribution < -0.4 is 5.32 Å². The number of rotatable bonds is 3. The fourth-order valence-electron chi connectivity index (χ4n) is 2.66. The zero-order valence-corrected chi connectivity index (χ0v) is 10.8. The summed E-state index contributed by atoms with van der Waals surface area (Å²) < 4.78 is 1.87. The molecule has 2 aromatic heterocycles. The van der Waals surface area contributed by atoms with Crippen molar-refractivity contribution in [2.45, 2.75) is 32.2 Å². The molecule has 18 heavy (non-hydrogen) atoms. The quantitative estimate of drug-likeness (QED) is 0.899. The molecular weight excluding hydrogens is 224 g/mol. The number of aromatic nitrogens is 3. The predicted molar refractivity (Wildman–Crippen MR) is 71.5 cm³/mol. The van der Waals surface area contributed by atoms with Gasteiger partial charge in [0, 0.05) is 19.4 Å². The number of anilines is 1. The highest BCUT2D eigenvalue weighted by molar-refractivity contribution is 5.49. The highest BCUT2D eigenvalue weighted by Gasteiger charge is 2.24. The van der Waals surface area contributed by atoms with E-state index in [0.717, 1.165) is 30.6 Å². The third-order valence-corrected chi connectivity index (χ3v) is 3.53. The summed E-state index contributed by atoms with van der Waals surface area (Å²) in [6.07, 6.45) is 7.11. The smallest absolute Gasteiger partial charge is 0.0853 e. The first-order chi connectivity index (χ1) is 8.78. The van der Waals surface area contributed by atoms with E-state index in [1.165, 1.54) is 11.3 Å². The van der Waals surface area contributed by atoms with E-state index >= 15 is 0 Å². The molecule has 3 rings (SSSR count). The van der Waals surface area contributed by atoms with E-state index < -0.39 is 0 Å². The van der Waals surface area contributed by atoms with Crippen molar-refractivity contribution in [2.75, 3.05) is 5.32 Å². The van der Waals surface area contributed by atoms with Gasteiger partial charge in [0.1, 0.15) is 0 Å². The molecule has 1 aliphatic rings. The lowest BCUT2D eigenvalue weighted by molar-refractivity contribution is 0.744. The van der Waals surface area contributed by atoms with E-state index in [4.69, 9.17) is 0 Å². The Labute approximate surface area is 107 Å². The molecule has 0 radical (unpaired) electrons. The number of hydrogen-bond acceptors (Lipinski definition) is 3. The number of fused-ring (bicyclic) bond motifs is 1. The first-order valence-electron chi connectivity index (χ1n) is 6.50. The van der Waals surface area contributed by atoms with Gasteiger partial charge in [-0.25, -0.2) is 0 Å². The summed E-state index contributed by atoms with van der Waals surface area (Å²) in [7, 11) is 1.96. The van der Waals surface area contributed by atoms with Crippen LogP contribution in [0.25, 0.3) is 0 Å². The molecule has 0 aromatic carbocycles. The van der Waals surface area contributed by atoms with E-state index in [0.29, 0.717) is 6.04 Å². The van der Waals surface area contributed by atoms with Gasteiger partial charge >= 0.3 is 0 Å². The summed E-state index contributed by atoms with van der Waals surface area (Å²) in [6, 6.07) is 4.52. The van der Waals surface area contributed by atoms with Crippen molar-refractivity contribution in [2.24, 2.45) is 7.05 Å². The molecule has 1 aliphatic carbocycles. The van der Waals surface area contributed by atoms with E-state index in [1.54, 1.807) is 0 Å². The van der Waals surface area contributed by atoms with Crippen molar-refractivity contribution in [3.05, 3.63) is 41.5 Å². The number of hydrogen-bond donors (Lipinski definition) is 1. The second kappa shape index (κ2) is 4.44. The Kier molecular flexibility index (Phi) is 2.78. The van der Waals surface area contributed by atoms with Crippen molar-refractivity contribution < 1.29 is 0 Å². The van der Waals surface area contributed by atoms with Gasteiger partial charge < -0.3 is 5.32 Å². The first-order valence-corrected chi connectivity index (χ1v) is 6.50. The number of nitrogens with one attached hydrogen (secondary N) is 1. The summed E-state index contributed by atoms with van der Waals surface area (Å²) in [5, 5.41) is 8.05. The number of pyridine rings is 1. The predicted octanol–water partition coefficient (Wildman–Crippen LogP) is 2.48. The molecule has 1 N–H and O–H groups in total. The van der Waals surface area contributed by atoms with Gasteiger partial charge in [0.25, 0.3) is 0 Å². The average Bonchev–Trinajstić information content (AvgIpc) is 2.94. The Bertz CT molecular complexity index is 559. The van der Waals surface area contributed by atoms with E-state index in [2.05, 4.69) is 34.6 Å². The number of nitrogens with zero attached hydrogens (tertiary/aromatic N) is 3. The lowest BCUT2D eigenvalue weighted by Crippen LogP contribution is -2.09. The maximum absolute atomic E-state index is 4.51. The standard InChI is InChI=1S/C14H18N4/c1-3-11-13(9-18(2)17-11)16-12-7-6-10-5-4-8-15-14(10)12/h4-5,8-9,12,16H,3,6-7H2,1-2H3. The molecule has 94 valence electrons. The van der Waals surface area contributed by atoms with Crippen molar-refractivity contribution in [3.8, 4) is 0 Å². The van der Waals surface area contributed by atoms with E-state index in [1.807, 2.05) is 24.0 Å². The molecule has 0 saturated carbocycles. The molecule has 0 amide bonds. The Morgan fingerprint density at radius 3 is 3.22 bits per heavy atom. The minimum absolute atomic E-state index is 0.329. The Morgan fingerprint density at radius 2 is 2.39 bits per heavy atom. The van der Waals surface area contributed by atoms with Crippen LogP contribution in [0.5, 0.6) is 0 Å². The van der Waals surface area contributed by atoms with Crippen LogP contribution in [0, 0.1) is 0 Å². The normalized spacial score (nSPS) is 17.8. The summed E-state index contributed by atoms with van der Waals surface area (Å²) in [6.45, 7) is 2.13. The van der Waals surface area contributed by atoms with Crippen LogP contribution in [-0.4, -0.2) is 14.8 Å². The zero-order chi connectivity index (χ0) is 12.5. The molecular formula is C14H18N4. The summed E-state index contributed by atoms with van der Waals surface area (Å²) in [4.78, 5) is 4.51. The maximum atomic E-state index is 4.51. The van der Waals surface area contributed by atoms with Gasteiger partial charge in [0.15, 0.2) is 0 Å². The Balaban J connectivity index is 1.86. The monoisotopic (exact) mass is 242 g/mol. The molecule has 0 fully saturated rings. The van der Waals surface area contributed by atoms with Crippen molar-refractivity contribution in [1.29, 1.82) is 0 Å². The van der Waals surface area contributed by atoms with Gasteiger partial charge in [-0.3, -0.25) is 9.67 Å². The largest absolute Gasteiger partial charge is 0.374 e. The van der Waals surface area contributed by atoms with Crippen molar-refractivity contribution in [1.82, 2.24) is 14.8 Å². The molecule has 2 heterocycles. The molecule has 0 bridgehead atoms. The molecule has 0 aliphatic heterocycles. The van der Waals surface area contributed by atoms with Crippen LogP contribution in [0.3, 0.4) is 0 Å². The lowest BCUT2D eigenvalue weighted by atomic mass is 10.2. The van der Waals surface area contributed by atoms with Crippen molar-refractivity contribution >= 4 is 5.69 Å². The maximum Gasteiger partial charge on any atom is 0.0853 e. The lowest BCUT2D eigenvalue weighted by Gasteiger charge is -2.13. The topological polar surface area (TPSA) is 42.7 Å². The minimum atomic E-state index is 0.329. The van der Waals surface area contributed by atoms with Crippen LogP contribution in [0.15, 0.2) is 24.5 Å². The van der Waals surface area contributed by atoms with Gasteiger partial charge in [-0.15, -0.1) is 0 Å². The van der Waals surface area contributed by atoms with Gasteiger partial charge in [-0.1, -0.05) is 13.0 Å². The molecule has 2 aromatic rings. The number of aryl methyl sites for hydroxylation is 3. The van der Waals surface area contributed by atoms with Crippen LogP contribution in [-0.2, 0) is 19.9 Å². The zero-order valence-electron chi connectivity index (χ0n) is 10.8. The molecule has 1 unspecified atom stereocenters.